The highest BCUT2D eigenvalue weighted by molar-refractivity contribution is 6.09. The molecule has 5 aromatic carbocycles. The average Bonchev–Trinajstić information content (AvgIpc) is 3.75. The summed E-state index contributed by atoms with van der Waals surface area (Å²) in [6.45, 7) is 8.98. The molecule has 0 saturated carbocycles. The number of aromatic nitrogens is 2. The van der Waals surface area contributed by atoms with Gasteiger partial charge < -0.3 is 9.13 Å². The van der Waals surface area contributed by atoms with E-state index in [1.165, 1.54) is 72.0 Å². The first kappa shape index (κ1) is 29.8. The SMILES string of the molecule is CC.CC.CN1Cc2c3c(n(-c4ccccc4)c2C1c1ccc2c(c1)c1ccccc1n2-c1ccc2ccccc2c1)C=CCC3. The molecule has 0 radical (unpaired) electrons. The highest BCUT2D eigenvalue weighted by Crippen LogP contribution is 2.46. The molecule has 0 saturated heterocycles. The third kappa shape index (κ3) is 4.69. The van der Waals surface area contributed by atoms with Crippen molar-refractivity contribution >= 4 is 38.7 Å². The topological polar surface area (TPSA) is 13.1 Å². The van der Waals surface area contributed by atoms with Crippen molar-refractivity contribution in [2.45, 2.75) is 53.1 Å². The van der Waals surface area contributed by atoms with Crippen LogP contribution in [-0.4, -0.2) is 21.1 Å². The van der Waals surface area contributed by atoms with Crippen LogP contribution in [0.1, 0.15) is 68.2 Å². The van der Waals surface area contributed by atoms with Crippen LogP contribution < -0.4 is 0 Å². The maximum atomic E-state index is 2.54. The molecule has 3 heterocycles. The van der Waals surface area contributed by atoms with Crippen molar-refractivity contribution in [1.82, 2.24) is 14.0 Å². The van der Waals surface area contributed by atoms with Gasteiger partial charge in [0.15, 0.2) is 0 Å². The minimum atomic E-state index is 0.186. The fourth-order valence-corrected chi connectivity index (χ4v) is 7.62. The number of para-hydroxylation sites is 2. The van der Waals surface area contributed by atoms with Crippen LogP contribution in [0, 0.1) is 0 Å². The Bertz CT molecular complexity index is 2200. The number of allylic oxidation sites excluding steroid dienone is 1. The number of rotatable bonds is 3. The number of hydrogen-bond donors (Lipinski definition) is 0. The normalized spacial score (nSPS) is 15.3. The summed E-state index contributed by atoms with van der Waals surface area (Å²) in [5.41, 5.74) is 12.1. The largest absolute Gasteiger partial charge is 0.312 e. The second-order valence-electron chi connectivity index (χ2n) is 11.8. The first-order valence-electron chi connectivity index (χ1n) is 17.0. The van der Waals surface area contributed by atoms with Crippen LogP contribution in [0.5, 0.6) is 0 Å². The molecule has 0 bridgehead atoms. The van der Waals surface area contributed by atoms with Gasteiger partial charge in [-0.05, 0) is 95.9 Å². The molecule has 0 N–H and O–H groups in total. The Morgan fingerprint density at radius 2 is 1.30 bits per heavy atom. The lowest BCUT2D eigenvalue weighted by molar-refractivity contribution is 0.298. The van der Waals surface area contributed by atoms with Gasteiger partial charge in [0.2, 0.25) is 0 Å². The fourth-order valence-electron chi connectivity index (χ4n) is 7.62. The minimum absolute atomic E-state index is 0.186. The summed E-state index contributed by atoms with van der Waals surface area (Å²) in [6, 6.07) is 42.6. The van der Waals surface area contributed by atoms with Crippen molar-refractivity contribution in [3.63, 3.8) is 0 Å². The van der Waals surface area contributed by atoms with Crippen molar-refractivity contribution in [2.24, 2.45) is 0 Å². The molecular weight excluding hydrogens is 558 g/mol. The predicted octanol–water partition coefficient (Wildman–Crippen LogP) is 11.3. The van der Waals surface area contributed by atoms with Crippen molar-refractivity contribution in [3.05, 3.63) is 149 Å². The van der Waals surface area contributed by atoms with Gasteiger partial charge in [-0.15, -0.1) is 0 Å². The molecule has 3 nitrogen and oxygen atoms in total. The number of benzene rings is 5. The summed E-state index contributed by atoms with van der Waals surface area (Å²) < 4.78 is 4.97. The van der Waals surface area contributed by atoms with E-state index in [2.05, 4.69) is 148 Å². The van der Waals surface area contributed by atoms with E-state index in [1.807, 2.05) is 27.7 Å². The predicted molar refractivity (Wildman–Crippen MR) is 197 cm³/mol. The van der Waals surface area contributed by atoms with Gasteiger partial charge in [0.05, 0.1) is 17.1 Å². The fraction of sp³-hybridized carbons (Fsp3) is 0.209. The van der Waals surface area contributed by atoms with Crippen LogP contribution in [0.15, 0.2) is 121 Å². The Balaban J connectivity index is 0.000000815. The Morgan fingerprint density at radius 3 is 2.13 bits per heavy atom. The Kier molecular flexibility index (Phi) is 8.11. The van der Waals surface area contributed by atoms with Crippen molar-refractivity contribution < 1.29 is 0 Å². The maximum absolute atomic E-state index is 2.54. The summed E-state index contributed by atoms with van der Waals surface area (Å²) in [5.74, 6) is 0. The van der Waals surface area contributed by atoms with Gasteiger partial charge in [-0.3, -0.25) is 4.90 Å². The molecule has 1 unspecified atom stereocenters. The van der Waals surface area contributed by atoms with Crippen LogP contribution in [0.4, 0.5) is 0 Å². The number of hydrogen-bond acceptors (Lipinski definition) is 1. The molecule has 46 heavy (non-hydrogen) atoms. The molecule has 2 aromatic heterocycles. The first-order valence-corrected chi connectivity index (χ1v) is 17.0. The van der Waals surface area contributed by atoms with Gasteiger partial charge in [-0.1, -0.05) is 107 Å². The zero-order valence-corrected chi connectivity index (χ0v) is 27.7. The van der Waals surface area contributed by atoms with Gasteiger partial charge in [0.25, 0.3) is 0 Å². The Labute approximate surface area is 273 Å². The third-order valence-electron chi connectivity index (χ3n) is 9.43. The standard InChI is InChI=1S/C39H31N3.2C2H6/c1-40-25-34-32-16-8-10-18-36(32)42(29-13-3-2-4-14-29)39(34)38(40)28-20-22-37-33(24-28)31-15-7-9-17-35(31)41(37)30-21-19-26-11-5-6-12-27(26)23-30;2*1-2/h2-7,9-15,17-24,38H,8,16,25H2,1H3;2*1-2H3. The molecule has 230 valence electrons. The van der Waals surface area contributed by atoms with E-state index in [0.29, 0.717) is 0 Å². The van der Waals surface area contributed by atoms with E-state index in [4.69, 9.17) is 0 Å². The number of nitrogens with zero attached hydrogens (tertiary/aromatic N) is 3. The molecule has 3 heteroatoms. The van der Waals surface area contributed by atoms with Crippen LogP contribution in [0.25, 0.3) is 50.0 Å². The molecule has 9 rings (SSSR count). The molecule has 2 aliphatic rings. The van der Waals surface area contributed by atoms with Gasteiger partial charge in [0.1, 0.15) is 0 Å². The van der Waals surface area contributed by atoms with Gasteiger partial charge >= 0.3 is 0 Å². The van der Waals surface area contributed by atoms with E-state index in [-0.39, 0.29) is 6.04 Å². The van der Waals surface area contributed by atoms with Crippen LogP contribution in [0.3, 0.4) is 0 Å². The maximum Gasteiger partial charge on any atom is 0.0764 e. The third-order valence-corrected chi connectivity index (χ3v) is 9.43. The smallest absolute Gasteiger partial charge is 0.0764 e. The van der Waals surface area contributed by atoms with E-state index in [1.54, 1.807) is 0 Å². The second-order valence-corrected chi connectivity index (χ2v) is 11.8. The van der Waals surface area contributed by atoms with Gasteiger partial charge in [-0.25, -0.2) is 0 Å². The first-order chi connectivity index (χ1) is 22.8. The molecular formula is C43H43N3. The molecule has 1 atom stereocenters. The van der Waals surface area contributed by atoms with E-state index in [0.717, 1.165) is 19.4 Å². The quantitative estimate of drug-likeness (QED) is 0.196. The van der Waals surface area contributed by atoms with Gasteiger partial charge in [0, 0.05) is 40.1 Å². The second kappa shape index (κ2) is 12.5. The summed E-state index contributed by atoms with van der Waals surface area (Å²) >= 11 is 0. The van der Waals surface area contributed by atoms with E-state index >= 15 is 0 Å². The van der Waals surface area contributed by atoms with Crippen LogP contribution in [0.2, 0.25) is 0 Å². The monoisotopic (exact) mass is 601 g/mol. The van der Waals surface area contributed by atoms with E-state index in [9.17, 15) is 0 Å². The summed E-state index contributed by atoms with van der Waals surface area (Å²) in [6.07, 6.45) is 6.92. The molecule has 1 aliphatic carbocycles. The Morgan fingerprint density at radius 1 is 0.587 bits per heavy atom. The highest BCUT2D eigenvalue weighted by Gasteiger charge is 2.37. The molecule has 0 amide bonds. The molecule has 0 fully saturated rings. The summed E-state index contributed by atoms with van der Waals surface area (Å²) in [5, 5.41) is 5.13. The van der Waals surface area contributed by atoms with Gasteiger partial charge in [-0.2, -0.15) is 0 Å². The highest BCUT2D eigenvalue weighted by atomic mass is 15.2. The van der Waals surface area contributed by atoms with E-state index < -0.39 is 0 Å². The van der Waals surface area contributed by atoms with Crippen molar-refractivity contribution in [1.29, 1.82) is 0 Å². The summed E-state index contributed by atoms with van der Waals surface area (Å²) in [4.78, 5) is 2.53. The van der Waals surface area contributed by atoms with Crippen molar-refractivity contribution in [2.75, 3.05) is 7.05 Å². The van der Waals surface area contributed by atoms with Crippen LogP contribution >= 0.6 is 0 Å². The molecule has 7 aromatic rings. The lowest BCUT2D eigenvalue weighted by atomic mass is 9.98. The zero-order chi connectivity index (χ0) is 31.8. The average molecular weight is 602 g/mol. The van der Waals surface area contributed by atoms with Crippen LogP contribution in [-0.2, 0) is 13.0 Å². The molecule has 0 spiro atoms. The molecule has 1 aliphatic heterocycles. The lowest BCUT2D eigenvalue weighted by Gasteiger charge is -2.25. The Hall–Kier alpha value is -4.86. The number of fused-ring (bicyclic) bond motifs is 7. The lowest BCUT2D eigenvalue weighted by Crippen LogP contribution is -2.21. The zero-order valence-electron chi connectivity index (χ0n) is 27.7. The van der Waals surface area contributed by atoms with Crippen molar-refractivity contribution in [3.8, 4) is 11.4 Å². The summed E-state index contributed by atoms with van der Waals surface area (Å²) in [7, 11) is 2.29. The minimum Gasteiger partial charge on any atom is -0.312 e.